The fraction of sp³-hybridized carbons (Fsp3) is 0.176. The van der Waals surface area contributed by atoms with Crippen LogP contribution in [0.3, 0.4) is 0 Å². The van der Waals surface area contributed by atoms with Crippen molar-refractivity contribution >= 4 is 22.7 Å². The van der Waals surface area contributed by atoms with Crippen molar-refractivity contribution in [1.29, 1.82) is 0 Å². The van der Waals surface area contributed by atoms with Gasteiger partial charge in [-0.25, -0.2) is 4.79 Å². The predicted octanol–water partition coefficient (Wildman–Crippen LogP) is 2.25. The quantitative estimate of drug-likeness (QED) is 0.777. The van der Waals surface area contributed by atoms with Gasteiger partial charge in [-0.05, 0) is 24.3 Å². The monoisotopic (exact) mass is 328 g/mol. The van der Waals surface area contributed by atoms with Crippen molar-refractivity contribution in [3.63, 3.8) is 0 Å². The van der Waals surface area contributed by atoms with E-state index in [1.54, 1.807) is 49.6 Å². The third-order valence-electron chi connectivity index (χ3n) is 3.56. The lowest BCUT2D eigenvalue weighted by molar-refractivity contribution is -0.116. The predicted molar refractivity (Wildman–Crippen MR) is 88.6 cm³/mol. The summed E-state index contributed by atoms with van der Waals surface area (Å²) >= 11 is 0. The van der Waals surface area contributed by atoms with Crippen molar-refractivity contribution in [1.82, 2.24) is 4.57 Å². The smallest absolute Gasteiger partial charge is 0.420 e. The first-order valence-electron chi connectivity index (χ1n) is 7.22. The number of fused-ring (bicyclic) bond motifs is 1. The average molecular weight is 328 g/mol. The minimum atomic E-state index is -0.576. The molecule has 0 unspecified atom stereocenters. The molecule has 0 spiro atoms. The average Bonchev–Trinajstić information content (AvgIpc) is 2.91. The third kappa shape index (κ3) is 2.96. The van der Waals surface area contributed by atoms with Gasteiger partial charge in [-0.15, -0.1) is 0 Å². The number of anilines is 1. The van der Waals surface area contributed by atoms with Crippen molar-refractivity contribution in [3.05, 3.63) is 53.0 Å². The molecule has 0 aliphatic carbocycles. The summed E-state index contributed by atoms with van der Waals surface area (Å²) in [5.74, 6) is 0.133. The maximum atomic E-state index is 12.3. The Morgan fingerprint density at radius 2 is 1.96 bits per heavy atom. The lowest BCUT2D eigenvalue weighted by atomic mass is 10.2. The number of amides is 1. The van der Waals surface area contributed by atoms with E-state index in [1.165, 1.54) is 11.7 Å². The summed E-state index contributed by atoms with van der Waals surface area (Å²) in [6, 6.07) is 12.0. The van der Waals surface area contributed by atoms with Crippen molar-refractivity contribution in [2.45, 2.75) is 6.54 Å². The van der Waals surface area contributed by atoms with Crippen molar-refractivity contribution in [2.24, 2.45) is 0 Å². The highest BCUT2D eigenvalue weighted by molar-refractivity contribution is 5.93. The van der Waals surface area contributed by atoms with Crippen molar-refractivity contribution in [3.8, 4) is 11.5 Å². The van der Waals surface area contributed by atoms with Crippen LogP contribution in [0.1, 0.15) is 0 Å². The Kier molecular flexibility index (Phi) is 4.24. The SMILES string of the molecule is COc1ccc(NC(=O)Cn2c(=O)oc3ccccc32)c(OC)c1. The van der Waals surface area contributed by atoms with E-state index in [0.717, 1.165) is 0 Å². The number of oxazole rings is 1. The minimum absolute atomic E-state index is 0.162. The molecule has 7 nitrogen and oxygen atoms in total. The summed E-state index contributed by atoms with van der Waals surface area (Å²) < 4.78 is 16.7. The van der Waals surface area contributed by atoms with Crippen molar-refractivity contribution in [2.75, 3.05) is 19.5 Å². The standard InChI is InChI=1S/C17H16N2O5/c1-22-11-7-8-12(15(9-11)23-2)18-16(20)10-19-13-5-3-4-6-14(13)24-17(19)21/h3-9H,10H2,1-2H3,(H,18,20). The van der Waals surface area contributed by atoms with Crippen LogP contribution in [0.15, 0.2) is 51.7 Å². The number of carbonyl (C=O) groups is 1. The molecule has 124 valence electrons. The molecule has 0 radical (unpaired) electrons. The molecular formula is C17H16N2O5. The van der Waals surface area contributed by atoms with Crippen LogP contribution in [0.2, 0.25) is 0 Å². The molecule has 2 aromatic carbocycles. The first-order valence-corrected chi connectivity index (χ1v) is 7.22. The molecule has 1 heterocycles. The van der Waals surface area contributed by atoms with Gasteiger partial charge in [0.15, 0.2) is 5.58 Å². The van der Waals surface area contributed by atoms with Gasteiger partial charge >= 0.3 is 5.76 Å². The molecule has 0 fully saturated rings. The summed E-state index contributed by atoms with van der Waals surface area (Å²) in [5.41, 5.74) is 1.50. The fourth-order valence-corrected chi connectivity index (χ4v) is 2.40. The molecule has 1 amide bonds. The molecule has 0 aliphatic rings. The number of hydrogen-bond donors (Lipinski definition) is 1. The lowest BCUT2D eigenvalue weighted by Gasteiger charge is -2.11. The number of nitrogens with one attached hydrogen (secondary N) is 1. The molecule has 0 aliphatic heterocycles. The number of nitrogens with zero attached hydrogens (tertiary/aromatic N) is 1. The van der Waals surface area contributed by atoms with Gasteiger partial charge in [-0.2, -0.15) is 0 Å². The van der Waals surface area contributed by atoms with E-state index in [4.69, 9.17) is 13.9 Å². The van der Waals surface area contributed by atoms with Gasteiger partial charge in [0, 0.05) is 6.07 Å². The number of carbonyl (C=O) groups excluding carboxylic acids is 1. The summed E-state index contributed by atoms with van der Waals surface area (Å²) in [6.45, 7) is -0.162. The Hall–Kier alpha value is -3.22. The zero-order chi connectivity index (χ0) is 17.1. The van der Waals surface area contributed by atoms with Crippen LogP contribution in [-0.4, -0.2) is 24.7 Å². The van der Waals surface area contributed by atoms with E-state index >= 15 is 0 Å². The molecule has 3 aromatic rings. The van der Waals surface area contributed by atoms with Gasteiger partial charge in [0.25, 0.3) is 0 Å². The van der Waals surface area contributed by atoms with Crippen LogP contribution >= 0.6 is 0 Å². The Morgan fingerprint density at radius 3 is 2.71 bits per heavy atom. The van der Waals surface area contributed by atoms with Crippen LogP contribution in [0.4, 0.5) is 5.69 Å². The van der Waals surface area contributed by atoms with Gasteiger partial charge in [0.2, 0.25) is 5.91 Å². The molecule has 0 bridgehead atoms. The molecule has 24 heavy (non-hydrogen) atoms. The maximum absolute atomic E-state index is 12.3. The van der Waals surface area contributed by atoms with Gasteiger partial charge in [0.05, 0.1) is 25.4 Å². The Morgan fingerprint density at radius 1 is 1.17 bits per heavy atom. The second-order valence-corrected chi connectivity index (χ2v) is 5.04. The van der Waals surface area contributed by atoms with E-state index in [0.29, 0.717) is 28.3 Å². The molecule has 3 rings (SSSR count). The summed E-state index contributed by atoms with van der Waals surface area (Å²) in [5, 5.41) is 2.72. The highest BCUT2D eigenvalue weighted by Crippen LogP contribution is 2.29. The van der Waals surface area contributed by atoms with E-state index < -0.39 is 5.76 Å². The first kappa shape index (κ1) is 15.7. The molecular weight excluding hydrogens is 312 g/mol. The largest absolute Gasteiger partial charge is 0.497 e. The molecule has 0 saturated heterocycles. The van der Waals surface area contributed by atoms with Gasteiger partial charge < -0.3 is 19.2 Å². The lowest BCUT2D eigenvalue weighted by Crippen LogP contribution is -2.24. The zero-order valence-corrected chi connectivity index (χ0v) is 13.2. The van der Waals surface area contributed by atoms with E-state index in [1.807, 2.05) is 0 Å². The van der Waals surface area contributed by atoms with Gasteiger partial charge in [0.1, 0.15) is 18.0 Å². The first-order chi connectivity index (χ1) is 11.6. The summed E-state index contributed by atoms with van der Waals surface area (Å²) in [6.07, 6.45) is 0. The van der Waals surface area contributed by atoms with Crippen LogP contribution in [0, 0.1) is 0 Å². The van der Waals surface area contributed by atoms with Crippen LogP contribution in [-0.2, 0) is 11.3 Å². The van der Waals surface area contributed by atoms with E-state index in [9.17, 15) is 9.59 Å². The normalized spacial score (nSPS) is 10.6. The second-order valence-electron chi connectivity index (χ2n) is 5.04. The number of rotatable bonds is 5. The van der Waals surface area contributed by atoms with E-state index in [-0.39, 0.29) is 12.5 Å². The number of ether oxygens (including phenoxy) is 2. The maximum Gasteiger partial charge on any atom is 0.420 e. The van der Waals surface area contributed by atoms with Crippen LogP contribution < -0.4 is 20.5 Å². The second kappa shape index (κ2) is 6.49. The van der Waals surface area contributed by atoms with E-state index in [2.05, 4.69) is 5.32 Å². The van der Waals surface area contributed by atoms with Crippen LogP contribution in [0.25, 0.3) is 11.1 Å². The Labute approximate surface area is 137 Å². The highest BCUT2D eigenvalue weighted by Gasteiger charge is 2.14. The molecule has 1 aromatic heterocycles. The molecule has 0 atom stereocenters. The molecule has 0 saturated carbocycles. The number of aromatic nitrogens is 1. The number of para-hydroxylation sites is 2. The van der Waals surface area contributed by atoms with Crippen molar-refractivity contribution < 1.29 is 18.7 Å². The molecule has 1 N–H and O–H groups in total. The third-order valence-corrected chi connectivity index (χ3v) is 3.56. The Bertz CT molecular complexity index is 942. The topological polar surface area (TPSA) is 82.7 Å². The molecule has 7 heteroatoms. The summed E-state index contributed by atoms with van der Waals surface area (Å²) in [7, 11) is 3.04. The highest BCUT2D eigenvalue weighted by atomic mass is 16.5. The van der Waals surface area contributed by atoms with Gasteiger partial charge in [-0.1, -0.05) is 12.1 Å². The minimum Gasteiger partial charge on any atom is -0.497 e. The zero-order valence-electron chi connectivity index (χ0n) is 13.2. The number of hydrogen-bond acceptors (Lipinski definition) is 5. The Balaban J connectivity index is 1.83. The fourth-order valence-electron chi connectivity index (χ4n) is 2.40. The number of benzene rings is 2. The van der Waals surface area contributed by atoms with Gasteiger partial charge in [-0.3, -0.25) is 9.36 Å². The summed E-state index contributed by atoms with van der Waals surface area (Å²) in [4.78, 5) is 24.2. The van der Waals surface area contributed by atoms with Crippen LogP contribution in [0.5, 0.6) is 11.5 Å². The number of methoxy groups -OCH3 is 2.